The molecule has 17 heavy (non-hydrogen) atoms. The van der Waals surface area contributed by atoms with Crippen molar-refractivity contribution in [3.8, 4) is 5.75 Å². The second kappa shape index (κ2) is 5.34. The number of fused-ring (bicyclic) bond motifs is 1. The molecule has 0 bridgehead atoms. The summed E-state index contributed by atoms with van der Waals surface area (Å²) in [5, 5.41) is 2.44. The average molecular weight is 246 g/mol. The SMILES string of the molecule is COC(C)c1ccc2cc(OC[SiH3])ccc2c1. The molecule has 0 saturated heterocycles. The molecule has 90 valence electrons. The lowest BCUT2D eigenvalue weighted by molar-refractivity contribution is 0.119. The van der Waals surface area contributed by atoms with E-state index in [1.54, 1.807) is 7.11 Å². The van der Waals surface area contributed by atoms with Gasteiger partial charge in [0.2, 0.25) is 0 Å². The first-order valence-corrected chi connectivity index (χ1v) is 7.35. The molecule has 2 nitrogen and oxygen atoms in total. The quantitative estimate of drug-likeness (QED) is 0.770. The van der Waals surface area contributed by atoms with Gasteiger partial charge in [0.1, 0.15) is 5.75 Å². The molecule has 0 aromatic heterocycles. The van der Waals surface area contributed by atoms with Crippen molar-refractivity contribution in [2.24, 2.45) is 0 Å². The van der Waals surface area contributed by atoms with Gasteiger partial charge in [-0.2, -0.15) is 0 Å². The molecule has 0 aliphatic heterocycles. The minimum Gasteiger partial charge on any atom is -0.498 e. The number of hydrogen-bond acceptors (Lipinski definition) is 2. The van der Waals surface area contributed by atoms with Crippen molar-refractivity contribution in [1.82, 2.24) is 0 Å². The van der Waals surface area contributed by atoms with Crippen molar-refractivity contribution in [3.63, 3.8) is 0 Å². The monoisotopic (exact) mass is 246 g/mol. The van der Waals surface area contributed by atoms with Gasteiger partial charge in [0, 0.05) is 7.11 Å². The van der Waals surface area contributed by atoms with Gasteiger partial charge >= 0.3 is 0 Å². The van der Waals surface area contributed by atoms with Crippen LogP contribution in [-0.2, 0) is 4.74 Å². The Labute approximate surface area is 105 Å². The Hall–Kier alpha value is -1.32. The molecule has 3 heteroatoms. The number of rotatable bonds is 4. The summed E-state index contributed by atoms with van der Waals surface area (Å²) in [6.45, 7) is 2.06. The van der Waals surface area contributed by atoms with E-state index in [0.29, 0.717) is 0 Å². The zero-order valence-corrected chi connectivity index (χ0v) is 12.6. The minimum absolute atomic E-state index is 0.136. The highest BCUT2D eigenvalue weighted by atomic mass is 28.1. The summed E-state index contributed by atoms with van der Waals surface area (Å²) >= 11 is 0. The fourth-order valence-electron chi connectivity index (χ4n) is 1.89. The average Bonchev–Trinajstić information content (AvgIpc) is 2.37. The highest BCUT2D eigenvalue weighted by Gasteiger charge is 2.04. The van der Waals surface area contributed by atoms with E-state index >= 15 is 0 Å². The largest absolute Gasteiger partial charge is 0.498 e. The molecule has 0 amide bonds. The minimum atomic E-state index is 0.136. The van der Waals surface area contributed by atoms with Gasteiger partial charge in [-0.05, 0) is 41.5 Å². The van der Waals surface area contributed by atoms with E-state index in [0.717, 1.165) is 22.2 Å². The van der Waals surface area contributed by atoms with Crippen LogP contribution in [0.5, 0.6) is 5.75 Å². The highest BCUT2D eigenvalue weighted by molar-refractivity contribution is 6.08. The summed E-state index contributed by atoms with van der Waals surface area (Å²) in [7, 11) is 2.79. The maximum absolute atomic E-state index is 5.55. The van der Waals surface area contributed by atoms with E-state index in [9.17, 15) is 0 Å². The Morgan fingerprint density at radius 2 is 1.82 bits per heavy atom. The third kappa shape index (κ3) is 2.68. The van der Waals surface area contributed by atoms with E-state index in [4.69, 9.17) is 9.47 Å². The van der Waals surface area contributed by atoms with Gasteiger partial charge in [0.05, 0.1) is 22.6 Å². The second-order valence-electron chi connectivity index (χ2n) is 4.08. The molecule has 0 spiro atoms. The molecule has 2 aromatic rings. The second-order valence-corrected chi connectivity index (χ2v) is 4.66. The van der Waals surface area contributed by atoms with Crippen molar-refractivity contribution in [1.29, 1.82) is 0 Å². The van der Waals surface area contributed by atoms with Gasteiger partial charge in [-0.3, -0.25) is 0 Å². The Morgan fingerprint density at radius 3 is 2.53 bits per heavy atom. The number of hydrogen-bond donors (Lipinski definition) is 0. The van der Waals surface area contributed by atoms with E-state index in [2.05, 4.69) is 37.3 Å². The van der Waals surface area contributed by atoms with Crippen LogP contribution in [0.1, 0.15) is 18.6 Å². The first-order chi connectivity index (χ1) is 8.24. The lowest BCUT2D eigenvalue weighted by atomic mass is 10.0. The Kier molecular flexibility index (Phi) is 3.81. The summed E-state index contributed by atoms with van der Waals surface area (Å²) in [6, 6.07) is 12.6. The van der Waals surface area contributed by atoms with Gasteiger partial charge in [-0.1, -0.05) is 18.2 Å². The molecule has 2 aromatic carbocycles. The maximum Gasteiger partial charge on any atom is 0.119 e. The predicted octanol–water partition coefficient (Wildman–Crippen LogP) is 2.25. The van der Waals surface area contributed by atoms with Crippen LogP contribution in [0.25, 0.3) is 10.8 Å². The van der Waals surface area contributed by atoms with Gasteiger partial charge in [0.25, 0.3) is 0 Å². The van der Waals surface area contributed by atoms with Crippen molar-refractivity contribution in [2.75, 3.05) is 13.3 Å². The molecule has 0 radical (unpaired) electrons. The van der Waals surface area contributed by atoms with Gasteiger partial charge in [-0.25, -0.2) is 0 Å². The summed E-state index contributed by atoms with van der Waals surface area (Å²) in [4.78, 5) is 0. The van der Waals surface area contributed by atoms with Crippen LogP contribution in [0.2, 0.25) is 0 Å². The third-order valence-electron chi connectivity index (χ3n) is 2.97. The summed E-state index contributed by atoms with van der Waals surface area (Å²) < 4.78 is 10.9. The lowest BCUT2D eigenvalue weighted by Gasteiger charge is -2.11. The number of benzene rings is 2. The van der Waals surface area contributed by atoms with Crippen LogP contribution in [0.15, 0.2) is 36.4 Å². The number of ether oxygens (including phenoxy) is 2. The van der Waals surface area contributed by atoms with Gasteiger partial charge in [0.15, 0.2) is 0 Å². The first kappa shape index (κ1) is 12.1. The van der Waals surface area contributed by atoms with Crippen LogP contribution in [0.4, 0.5) is 0 Å². The third-order valence-corrected chi connectivity index (χ3v) is 3.26. The first-order valence-electron chi connectivity index (χ1n) is 5.94. The summed E-state index contributed by atoms with van der Waals surface area (Å²) in [6.07, 6.45) is 0.974. The molecule has 2 rings (SSSR count). The molecule has 0 N–H and O–H groups in total. The van der Waals surface area contributed by atoms with Crippen LogP contribution >= 0.6 is 0 Å². The molecule has 0 saturated carbocycles. The molecule has 0 aliphatic rings. The van der Waals surface area contributed by atoms with Gasteiger partial charge < -0.3 is 9.47 Å². The molecule has 0 aliphatic carbocycles. The maximum atomic E-state index is 5.55. The Morgan fingerprint density at radius 1 is 1.12 bits per heavy atom. The van der Waals surface area contributed by atoms with Crippen LogP contribution in [0.3, 0.4) is 0 Å². The normalized spacial score (nSPS) is 12.8. The lowest BCUT2D eigenvalue weighted by Crippen LogP contribution is -1.96. The van der Waals surface area contributed by atoms with Crippen LogP contribution in [-0.4, -0.2) is 23.6 Å². The standard InChI is InChI=1S/C14H18O2Si/c1-10(15-2)11-3-4-13-8-14(16-9-17)6-5-12(13)7-11/h3-8,10H,9H2,1-2,17H3. The van der Waals surface area contributed by atoms with Crippen molar-refractivity contribution < 1.29 is 9.47 Å². The predicted molar refractivity (Wildman–Crippen MR) is 74.8 cm³/mol. The fraction of sp³-hybridized carbons (Fsp3) is 0.286. The Balaban J connectivity index is 2.39. The van der Waals surface area contributed by atoms with Gasteiger partial charge in [-0.15, -0.1) is 0 Å². The highest BCUT2D eigenvalue weighted by Crippen LogP contribution is 2.25. The van der Waals surface area contributed by atoms with Crippen molar-refractivity contribution in [2.45, 2.75) is 13.0 Å². The number of methoxy groups -OCH3 is 1. The van der Waals surface area contributed by atoms with E-state index < -0.39 is 0 Å². The smallest absolute Gasteiger partial charge is 0.119 e. The molecular weight excluding hydrogens is 228 g/mol. The summed E-state index contributed by atoms with van der Waals surface area (Å²) in [5.74, 6) is 0.958. The molecule has 1 atom stereocenters. The zero-order chi connectivity index (χ0) is 12.3. The Bertz CT molecular complexity index is 511. The van der Waals surface area contributed by atoms with E-state index in [1.165, 1.54) is 16.3 Å². The van der Waals surface area contributed by atoms with Crippen molar-refractivity contribution in [3.05, 3.63) is 42.0 Å². The molecule has 1 unspecified atom stereocenters. The van der Waals surface area contributed by atoms with Crippen molar-refractivity contribution >= 4 is 21.0 Å². The molecular formula is C14H18O2Si. The fourth-order valence-corrected chi connectivity index (χ4v) is 2.22. The van der Waals surface area contributed by atoms with E-state index in [-0.39, 0.29) is 6.10 Å². The van der Waals surface area contributed by atoms with E-state index in [1.807, 2.05) is 6.07 Å². The zero-order valence-electron chi connectivity index (χ0n) is 10.6. The summed E-state index contributed by atoms with van der Waals surface area (Å²) in [5.41, 5.74) is 1.21. The topological polar surface area (TPSA) is 18.5 Å². The van der Waals surface area contributed by atoms with Crippen LogP contribution < -0.4 is 4.74 Å². The molecule has 0 fully saturated rings. The van der Waals surface area contributed by atoms with Crippen LogP contribution in [0, 0.1) is 0 Å². The molecule has 0 heterocycles.